The predicted octanol–water partition coefficient (Wildman–Crippen LogP) is 3.57. The molecule has 1 aromatic heterocycles. The van der Waals surface area contributed by atoms with Gasteiger partial charge >= 0.3 is 0 Å². The van der Waals surface area contributed by atoms with Gasteiger partial charge in [0.1, 0.15) is 11.3 Å². The predicted molar refractivity (Wildman–Crippen MR) is 82.9 cm³/mol. The van der Waals surface area contributed by atoms with Gasteiger partial charge in [0.05, 0.1) is 6.04 Å². The topological polar surface area (TPSA) is 42.4 Å². The van der Waals surface area contributed by atoms with Gasteiger partial charge in [-0.25, -0.2) is 0 Å². The molecule has 3 aromatic rings. The zero-order chi connectivity index (χ0) is 13.9. The number of anilines is 1. The summed E-state index contributed by atoms with van der Waals surface area (Å²) in [5, 5.41) is 1.10. The molecule has 0 spiro atoms. The van der Waals surface area contributed by atoms with Crippen LogP contribution < -0.4 is 10.6 Å². The normalized spacial score (nSPS) is 12.5. The molecular formula is C17H18N2O. The van der Waals surface area contributed by atoms with E-state index in [2.05, 4.69) is 17.0 Å². The highest BCUT2D eigenvalue weighted by Gasteiger charge is 2.14. The monoisotopic (exact) mass is 266 g/mol. The molecule has 20 heavy (non-hydrogen) atoms. The van der Waals surface area contributed by atoms with E-state index in [9.17, 15) is 0 Å². The maximum atomic E-state index is 6.26. The fourth-order valence-electron chi connectivity index (χ4n) is 2.36. The first-order chi connectivity index (χ1) is 9.74. The zero-order valence-corrected chi connectivity index (χ0v) is 11.5. The van der Waals surface area contributed by atoms with Crippen molar-refractivity contribution in [1.82, 2.24) is 0 Å². The molecule has 0 aliphatic rings. The molecule has 0 bridgehead atoms. The van der Waals surface area contributed by atoms with Crippen LogP contribution in [0.1, 0.15) is 11.8 Å². The van der Waals surface area contributed by atoms with E-state index in [1.165, 1.54) is 0 Å². The summed E-state index contributed by atoms with van der Waals surface area (Å²) in [6, 6.07) is 20.1. The standard InChI is InChI=1S/C17H18N2O/c1-19(14-8-3-2-4-9-14)12-15(18)17-11-13-7-5-6-10-16(13)20-17/h2-11,15H,12,18H2,1H3. The van der Waals surface area contributed by atoms with Gasteiger partial charge < -0.3 is 15.1 Å². The maximum absolute atomic E-state index is 6.26. The van der Waals surface area contributed by atoms with Crippen molar-refractivity contribution in [2.45, 2.75) is 6.04 Å². The van der Waals surface area contributed by atoms with E-state index in [1.54, 1.807) is 0 Å². The van der Waals surface area contributed by atoms with Crippen LogP contribution in [0.2, 0.25) is 0 Å². The minimum atomic E-state index is -0.146. The van der Waals surface area contributed by atoms with E-state index in [1.807, 2.05) is 55.6 Å². The Bertz CT molecular complexity index is 657. The van der Waals surface area contributed by atoms with Crippen molar-refractivity contribution in [3.63, 3.8) is 0 Å². The minimum absolute atomic E-state index is 0.146. The number of hydrogen-bond acceptors (Lipinski definition) is 3. The van der Waals surface area contributed by atoms with Crippen LogP contribution in [0.15, 0.2) is 65.1 Å². The SMILES string of the molecule is CN(CC(N)c1cc2ccccc2o1)c1ccccc1. The summed E-state index contributed by atoms with van der Waals surface area (Å²) in [6.07, 6.45) is 0. The van der Waals surface area contributed by atoms with Crippen LogP contribution in [0, 0.1) is 0 Å². The van der Waals surface area contributed by atoms with E-state index in [0.29, 0.717) is 6.54 Å². The summed E-state index contributed by atoms with van der Waals surface area (Å²) < 4.78 is 5.81. The average molecular weight is 266 g/mol. The molecule has 2 N–H and O–H groups in total. The lowest BCUT2D eigenvalue weighted by molar-refractivity contribution is 0.495. The van der Waals surface area contributed by atoms with Crippen LogP contribution in [-0.2, 0) is 0 Å². The number of hydrogen-bond donors (Lipinski definition) is 1. The maximum Gasteiger partial charge on any atom is 0.134 e. The third-order valence-corrected chi connectivity index (χ3v) is 3.48. The van der Waals surface area contributed by atoms with Crippen molar-refractivity contribution < 1.29 is 4.42 Å². The molecule has 0 amide bonds. The number of nitrogens with zero attached hydrogens (tertiary/aromatic N) is 1. The Morgan fingerprint density at radius 1 is 1.05 bits per heavy atom. The van der Waals surface area contributed by atoms with Crippen molar-refractivity contribution in [1.29, 1.82) is 0 Å². The van der Waals surface area contributed by atoms with Gasteiger partial charge in [0, 0.05) is 24.7 Å². The van der Waals surface area contributed by atoms with E-state index in [-0.39, 0.29) is 6.04 Å². The van der Waals surface area contributed by atoms with E-state index >= 15 is 0 Å². The molecule has 3 rings (SSSR count). The first kappa shape index (κ1) is 12.8. The molecular weight excluding hydrogens is 248 g/mol. The second-order valence-electron chi connectivity index (χ2n) is 5.01. The quantitative estimate of drug-likeness (QED) is 0.785. The van der Waals surface area contributed by atoms with Crippen molar-refractivity contribution in [3.8, 4) is 0 Å². The molecule has 102 valence electrons. The highest BCUT2D eigenvalue weighted by Crippen LogP contribution is 2.24. The Hall–Kier alpha value is -2.26. The van der Waals surface area contributed by atoms with Gasteiger partial charge in [-0.1, -0.05) is 36.4 Å². The Morgan fingerprint density at radius 2 is 1.75 bits per heavy atom. The van der Waals surface area contributed by atoms with Gasteiger partial charge in [0.2, 0.25) is 0 Å². The summed E-state index contributed by atoms with van der Waals surface area (Å²) in [5.41, 5.74) is 8.30. The smallest absolute Gasteiger partial charge is 0.134 e. The summed E-state index contributed by atoms with van der Waals surface area (Å²) in [6.45, 7) is 0.712. The Balaban J connectivity index is 1.77. The van der Waals surface area contributed by atoms with Crippen LogP contribution in [0.3, 0.4) is 0 Å². The second kappa shape index (κ2) is 5.39. The van der Waals surface area contributed by atoms with Crippen LogP contribution in [-0.4, -0.2) is 13.6 Å². The highest BCUT2D eigenvalue weighted by atomic mass is 16.3. The summed E-state index contributed by atoms with van der Waals surface area (Å²) in [4.78, 5) is 2.14. The van der Waals surface area contributed by atoms with Crippen LogP contribution in [0.5, 0.6) is 0 Å². The van der Waals surface area contributed by atoms with Crippen LogP contribution >= 0.6 is 0 Å². The molecule has 2 aromatic carbocycles. The van der Waals surface area contributed by atoms with E-state index in [4.69, 9.17) is 10.2 Å². The van der Waals surface area contributed by atoms with Gasteiger partial charge in [0.25, 0.3) is 0 Å². The lowest BCUT2D eigenvalue weighted by atomic mass is 10.2. The Kier molecular flexibility index (Phi) is 3.44. The zero-order valence-electron chi connectivity index (χ0n) is 11.5. The van der Waals surface area contributed by atoms with Crippen molar-refractivity contribution in [3.05, 3.63) is 66.4 Å². The Morgan fingerprint density at radius 3 is 2.50 bits per heavy atom. The number of nitrogens with two attached hydrogens (primary N) is 1. The van der Waals surface area contributed by atoms with Gasteiger partial charge in [-0.3, -0.25) is 0 Å². The number of fused-ring (bicyclic) bond motifs is 1. The molecule has 1 unspecified atom stereocenters. The number of likely N-dealkylation sites (N-methyl/N-ethyl adjacent to an activating group) is 1. The van der Waals surface area contributed by atoms with Crippen molar-refractivity contribution in [2.75, 3.05) is 18.5 Å². The fourth-order valence-corrected chi connectivity index (χ4v) is 2.36. The molecule has 3 nitrogen and oxygen atoms in total. The number of rotatable bonds is 4. The third kappa shape index (κ3) is 2.53. The van der Waals surface area contributed by atoms with Crippen LogP contribution in [0.25, 0.3) is 11.0 Å². The number of benzene rings is 2. The molecule has 0 aliphatic heterocycles. The minimum Gasteiger partial charge on any atom is -0.459 e. The lowest BCUT2D eigenvalue weighted by Gasteiger charge is -2.22. The van der Waals surface area contributed by atoms with E-state index in [0.717, 1.165) is 22.4 Å². The summed E-state index contributed by atoms with van der Waals surface area (Å²) in [5.74, 6) is 0.828. The highest BCUT2D eigenvalue weighted by molar-refractivity contribution is 5.77. The Labute approximate surface area is 118 Å². The molecule has 0 radical (unpaired) electrons. The molecule has 0 saturated heterocycles. The number of furan rings is 1. The third-order valence-electron chi connectivity index (χ3n) is 3.48. The number of para-hydroxylation sites is 2. The van der Waals surface area contributed by atoms with Crippen LogP contribution in [0.4, 0.5) is 5.69 Å². The molecule has 3 heteroatoms. The fraction of sp³-hybridized carbons (Fsp3) is 0.176. The van der Waals surface area contributed by atoms with E-state index < -0.39 is 0 Å². The van der Waals surface area contributed by atoms with Crippen molar-refractivity contribution >= 4 is 16.7 Å². The molecule has 1 atom stereocenters. The lowest BCUT2D eigenvalue weighted by Crippen LogP contribution is -2.28. The molecule has 1 heterocycles. The average Bonchev–Trinajstić information content (AvgIpc) is 2.92. The van der Waals surface area contributed by atoms with Gasteiger partial charge in [-0.05, 0) is 24.3 Å². The van der Waals surface area contributed by atoms with Crippen molar-refractivity contribution in [2.24, 2.45) is 5.73 Å². The largest absolute Gasteiger partial charge is 0.459 e. The first-order valence-electron chi connectivity index (χ1n) is 6.74. The second-order valence-corrected chi connectivity index (χ2v) is 5.01. The summed E-state index contributed by atoms with van der Waals surface area (Å²) in [7, 11) is 2.04. The molecule has 0 fully saturated rings. The molecule has 0 saturated carbocycles. The van der Waals surface area contributed by atoms with Gasteiger partial charge in [-0.15, -0.1) is 0 Å². The molecule has 0 aliphatic carbocycles. The van der Waals surface area contributed by atoms with Gasteiger partial charge in [0.15, 0.2) is 0 Å². The summed E-state index contributed by atoms with van der Waals surface area (Å²) >= 11 is 0. The first-order valence-corrected chi connectivity index (χ1v) is 6.74. The van der Waals surface area contributed by atoms with Gasteiger partial charge in [-0.2, -0.15) is 0 Å².